The summed E-state index contributed by atoms with van der Waals surface area (Å²) in [6.07, 6.45) is 5.48. The Morgan fingerprint density at radius 1 is 1.29 bits per heavy atom. The third kappa shape index (κ3) is 2.99. The van der Waals surface area contributed by atoms with Crippen LogP contribution in [-0.2, 0) is 0 Å². The lowest BCUT2D eigenvalue weighted by Gasteiger charge is -2.34. The quantitative estimate of drug-likeness (QED) is 0.869. The molecule has 1 aliphatic carbocycles. The van der Waals surface area contributed by atoms with Crippen molar-refractivity contribution in [3.05, 3.63) is 29.0 Å². The van der Waals surface area contributed by atoms with Crippen LogP contribution >= 0.6 is 11.6 Å². The van der Waals surface area contributed by atoms with Gasteiger partial charge in [-0.3, -0.25) is 4.98 Å². The molecule has 0 aromatic carbocycles. The summed E-state index contributed by atoms with van der Waals surface area (Å²) < 4.78 is 0. The van der Waals surface area contributed by atoms with Crippen LogP contribution in [0.2, 0.25) is 5.02 Å². The Morgan fingerprint density at radius 3 is 2.53 bits per heavy atom. The Bertz CT molecular complexity index is 370. The van der Waals surface area contributed by atoms with E-state index < -0.39 is 0 Å². The molecule has 0 saturated heterocycles. The van der Waals surface area contributed by atoms with Gasteiger partial charge >= 0.3 is 0 Å². The van der Waals surface area contributed by atoms with Gasteiger partial charge in [0.05, 0.1) is 16.8 Å². The molecule has 1 heterocycles. The first-order valence-corrected chi connectivity index (χ1v) is 6.81. The normalized spacial score (nSPS) is 31.2. The monoisotopic (exact) mass is 252 g/mol. The summed E-state index contributed by atoms with van der Waals surface area (Å²) in [4.78, 5) is 4.35. The van der Waals surface area contributed by atoms with Gasteiger partial charge in [0.1, 0.15) is 0 Å². The van der Waals surface area contributed by atoms with Crippen molar-refractivity contribution in [3.8, 4) is 0 Å². The minimum atomic E-state index is -0.0195. The number of nitrogens with two attached hydrogens (primary N) is 1. The van der Waals surface area contributed by atoms with Crippen molar-refractivity contribution in [1.29, 1.82) is 0 Å². The van der Waals surface area contributed by atoms with E-state index in [0.717, 1.165) is 17.5 Å². The third-order valence-electron chi connectivity index (χ3n) is 3.83. The molecule has 3 atom stereocenters. The van der Waals surface area contributed by atoms with Gasteiger partial charge in [0, 0.05) is 6.20 Å². The molecule has 3 heteroatoms. The van der Waals surface area contributed by atoms with Gasteiger partial charge in [0.25, 0.3) is 0 Å². The number of aromatic nitrogens is 1. The molecule has 1 fully saturated rings. The first kappa shape index (κ1) is 12.8. The van der Waals surface area contributed by atoms with Crippen LogP contribution in [0.5, 0.6) is 0 Å². The van der Waals surface area contributed by atoms with E-state index >= 15 is 0 Å². The van der Waals surface area contributed by atoms with E-state index in [1.165, 1.54) is 19.3 Å². The molecule has 94 valence electrons. The van der Waals surface area contributed by atoms with Crippen molar-refractivity contribution < 1.29 is 0 Å². The van der Waals surface area contributed by atoms with E-state index in [1.807, 2.05) is 12.1 Å². The fourth-order valence-electron chi connectivity index (χ4n) is 3.17. The van der Waals surface area contributed by atoms with Crippen LogP contribution in [0.3, 0.4) is 0 Å². The van der Waals surface area contributed by atoms with Gasteiger partial charge in [-0.05, 0) is 49.1 Å². The zero-order valence-electron chi connectivity index (χ0n) is 10.6. The number of halogens is 1. The molecule has 3 unspecified atom stereocenters. The third-order valence-corrected chi connectivity index (χ3v) is 4.15. The second kappa shape index (κ2) is 5.36. The Hall–Kier alpha value is -0.600. The average Bonchev–Trinajstić information content (AvgIpc) is 2.27. The van der Waals surface area contributed by atoms with Crippen LogP contribution in [0.25, 0.3) is 0 Å². The van der Waals surface area contributed by atoms with Crippen molar-refractivity contribution in [2.24, 2.45) is 23.5 Å². The molecular weight excluding hydrogens is 232 g/mol. The molecular formula is C14H21ClN2. The summed E-state index contributed by atoms with van der Waals surface area (Å²) in [5, 5.41) is 0.700. The molecule has 1 aromatic heterocycles. The topological polar surface area (TPSA) is 38.9 Å². The van der Waals surface area contributed by atoms with Crippen molar-refractivity contribution in [2.45, 2.75) is 39.2 Å². The van der Waals surface area contributed by atoms with E-state index in [-0.39, 0.29) is 6.04 Å². The molecule has 2 rings (SSSR count). The van der Waals surface area contributed by atoms with Gasteiger partial charge < -0.3 is 5.73 Å². The lowest BCUT2D eigenvalue weighted by Crippen LogP contribution is -2.30. The number of pyridine rings is 1. The first-order chi connectivity index (χ1) is 8.08. The molecule has 0 aliphatic heterocycles. The largest absolute Gasteiger partial charge is 0.322 e. The summed E-state index contributed by atoms with van der Waals surface area (Å²) >= 11 is 6.17. The minimum absolute atomic E-state index is 0.0195. The zero-order chi connectivity index (χ0) is 12.4. The summed E-state index contributed by atoms with van der Waals surface area (Å²) in [6, 6.07) is 3.71. The van der Waals surface area contributed by atoms with Crippen LogP contribution in [0.15, 0.2) is 18.3 Å². The van der Waals surface area contributed by atoms with Crippen LogP contribution in [0.1, 0.15) is 44.8 Å². The molecule has 1 saturated carbocycles. The van der Waals surface area contributed by atoms with Gasteiger partial charge in [-0.1, -0.05) is 25.4 Å². The Balaban J connectivity index is 2.14. The molecule has 0 spiro atoms. The van der Waals surface area contributed by atoms with Crippen molar-refractivity contribution in [2.75, 3.05) is 0 Å². The number of hydrogen-bond acceptors (Lipinski definition) is 2. The van der Waals surface area contributed by atoms with Gasteiger partial charge in [-0.15, -0.1) is 0 Å². The fourth-order valence-corrected chi connectivity index (χ4v) is 3.42. The SMILES string of the molecule is CC1CC(C)CC(C(N)c2ncccc2Cl)C1. The van der Waals surface area contributed by atoms with Gasteiger partial charge in [0.15, 0.2) is 0 Å². The second-order valence-corrected chi connectivity index (χ2v) is 5.98. The standard InChI is InChI=1S/C14H21ClN2/c1-9-6-10(2)8-11(7-9)13(16)14-12(15)4-3-5-17-14/h3-5,9-11,13H,6-8,16H2,1-2H3. The van der Waals surface area contributed by atoms with Gasteiger partial charge in [-0.2, -0.15) is 0 Å². The molecule has 0 amide bonds. The molecule has 2 nitrogen and oxygen atoms in total. The molecule has 0 bridgehead atoms. The maximum atomic E-state index is 6.35. The zero-order valence-corrected chi connectivity index (χ0v) is 11.3. The Kier molecular flexibility index (Phi) is 4.05. The lowest BCUT2D eigenvalue weighted by molar-refractivity contribution is 0.192. The van der Waals surface area contributed by atoms with Crippen LogP contribution < -0.4 is 5.73 Å². The number of nitrogens with zero attached hydrogens (tertiary/aromatic N) is 1. The van der Waals surface area contributed by atoms with Gasteiger partial charge in [-0.25, -0.2) is 0 Å². The summed E-state index contributed by atoms with van der Waals surface area (Å²) in [6.45, 7) is 4.63. The molecule has 2 N–H and O–H groups in total. The number of hydrogen-bond donors (Lipinski definition) is 1. The summed E-state index contributed by atoms with van der Waals surface area (Å²) in [5.74, 6) is 2.04. The van der Waals surface area contributed by atoms with Crippen LogP contribution in [0.4, 0.5) is 0 Å². The highest BCUT2D eigenvalue weighted by molar-refractivity contribution is 6.31. The predicted molar refractivity (Wildman–Crippen MR) is 71.8 cm³/mol. The van der Waals surface area contributed by atoms with Gasteiger partial charge in [0.2, 0.25) is 0 Å². The average molecular weight is 253 g/mol. The van der Waals surface area contributed by atoms with E-state index in [2.05, 4.69) is 18.8 Å². The van der Waals surface area contributed by atoms with Crippen LogP contribution in [0, 0.1) is 17.8 Å². The second-order valence-electron chi connectivity index (χ2n) is 5.57. The smallest absolute Gasteiger partial charge is 0.0759 e. The molecule has 17 heavy (non-hydrogen) atoms. The summed E-state index contributed by atoms with van der Waals surface area (Å²) in [5.41, 5.74) is 7.21. The highest BCUT2D eigenvalue weighted by atomic mass is 35.5. The van der Waals surface area contributed by atoms with E-state index in [1.54, 1.807) is 6.20 Å². The molecule has 0 radical (unpaired) electrons. The van der Waals surface area contributed by atoms with E-state index in [4.69, 9.17) is 17.3 Å². The van der Waals surface area contributed by atoms with Crippen molar-refractivity contribution >= 4 is 11.6 Å². The van der Waals surface area contributed by atoms with E-state index in [9.17, 15) is 0 Å². The maximum Gasteiger partial charge on any atom is 0.0759 e. The minimum Gasteiger partial charge on any atom is -0.322 e. The fraction of sp³-hybridized carbons (Fsp3) is 0.643. The van der Waals surface area contributed by atoms with Crippen molar-refractivity contribution in [3.63, 3.8) is 0 Å². The highest BCUT2D eigenvalue weighted by Crippen LogP contribution is 2.39. The van der Waals surface area contributed by atoms with Crippen LogP contribution in [-0.4, -0.2) is 4.98 Å². The highest BCUT2D eigenvalue weighted by Gasteiger charge is 2.30. The maximum absolute atomic E-state index is 6.35. The molecule has 1 aromatic rings. The summed E-state index contributed by atoms with van der Waals surface area (Å²) in [7, 11) is 0. The lowest BCUT2D eigenvalue weighted by atomic mass is 9.73. The first-order valence-electron chi connectivity index (χ1n) is 6.44. The Morgan fingerprint density at radius 2 is 1.94 bits per heavy atom. The van der Waals surface area contributed by atoms with Crippen molar-refractivity contribution in [1.82, 2.24) is 4.98 Å². The van der Waals surface area contributed by atoms with E-state index in [0.29, 0.717) is 10.9 Å². The predicted octanol–water partition coefficient (Wildman–Crippen LogP) is 3.81. The molecule has 1 aliphatic rings. The Labute approximate surface area is 109 Å². The number of rotatable bonds is 2.